The van der Waals surface area contributed by atoms with E-state index < -0.39 is 0 Å². The molecule has 1 atom stereocenters. The molecule has 0 aliphatic carbocycles. The Morgan fingerprint density at radius 1 is 1.42 bits per heavy atom. The lowest BCUT2D eigenvalue weighted by molar-refractivity contribution is -0.119. The van der Waals surface area contributed by atoms with Crippen LogP contribution in [0, 0.1) is 12.8 Å². The third-order valence-electron chi connectivity index (χ3n) is 2.82. The Labute approximate surface area is 116 Å². The smallest absolute Gasteiger partial charge is 0.229 e. The molecule has 19 heavy (non-hydrogen) atoms. The number of benzene rings is 1. The van der Waals surface area contributed by atoms with Crippen molar-refractivity contribution in [3.63, 3.8) is 0 Å². The van der Waals surface area contributed by atoms with E-state index in [0.717, 1.165) is 21.3 Å². The number of hydrogen-bond donors (Lipinski definition) is 2. The lowest BCUT2D eigenvalue weighted by atomic mass is 10.1. The van der Waals surface area contributed by atoms with Crippen molar-refractivity contribution in [3.8, 4) is 11.3 Å². The van der Waals surface area contributed by atoms with Crippen LogP contribution in [0.1, 0.15) is 11.9 Å². The van der Waals surface area contributed by atoms with Crippen LogP contribution in [0.25, 0.3) is 11.3 Å². The van der Waals surface area contributed by atoms with Crippen LogP contribution in [-0.2, 0) is 4.79 Å². The minimum absolute atomic E-state index is 0.0664. The molecule has 0 bridgehead atoms. The zero-order valence-electron chi connectivity index (χ0n) is 11.0. The van der Waals surface area contributed by atoms with Crippen molar-refractivity contribution in [3.05, 3.63) is 35.3 Å². The molecule has 3 N–H and O–H groups in total. The van der Waals surface area contributed by atoms with Gasteiger partial charge in [0.2, 0.25) is 5.91 Å². The predicted molar refractivity (Wildman–Crippen MR) is 79.1 cm³/mol. The van der Waals surface area contributed by atoms with Gasteiger partial charge in [0.15, 0.2) is 0 Å². The summed E-state index contributed by atoms with van der Waals surface area (Å²) in [5.74, 6) is -0.269. The summed E-state index contributed by atoms with van der Waals surface area (Å²) >= 11 is 1.48. The molecule has 2 aromatic rings. The summed E-state index contributed by atoms with van der Waals surface area (Å²) in [6.07, 6.45) is 0. The van der Waals surface area contributed by atoms with Crippen molar-refractivity contribution in [2.75, 3.05) is 11.9 Å². The van der Waals surface area contributed by atoms with Gasteiger partial charge < -0.3 is 11.1 Å². The number of amides is 1. The van der Waals surface area contributed by atoms with E-state index in [1.54, 1.807) is 0 Å². The van der Waals surface area contributed by atoms with Crippen LogP contribution < -0.4 is 11.1 Å². The molecule has 1 aromatic carbocycles. The van der Waals surface area contributed by atoms with Crippen LogP contribution in [0.2, 0.25) is 0 Å². The van der Waals surface area contributed by atoms with Crippen LogP contribution in [0.4, 0.5) is 5.00 Å². The van der Waals surface area contributed by atoms with E-state index in [2.05, 4.69) is 10.3 Å². The van der Waals surface area contributed by atoms with Crippen LogP contribution in [-0.4, -0.2) is 17.4 Å². The van der Waals surface area contributed by atoms with E-state index in [4.69, 9.17) is 5.73 Å². The van der Waals surface area contributed by atoms with Crippen LogP contribution in [0.3, 0.4) is 0 Å². The van der Waals surface area contributed by atoms with E-state index in [1.807, 2.05) is 44.2 Å². The molecule has 0 saturated carbocycles. The summed E-state index contributed by atoms with van der Waals surface area (Å²) in [4.78, 5) is 16.4. The number of anilines is 1. The molecule has 100 valence electrons. The first-order valence-corrected chi connectivity index (χ1v) is 6.97. The highest BCUT2D eigenvalue weighted by Crippen LogP contribution is 2.32. The fraction of sp³-hybridized carbons (Fsp3) is 0.286. The number of carbonyl (C=O) groups excluding carboxylic acids is 1. The molecular weight excluding hydrogens is 258 g/mol. The second-order valence-electron chi connectivity index (χ2n) is 4.40. The number of rotatable bonds is 4. The molecule has 1 aromatic heterocycles. The number of aromatic nitrogens is 1. The van der Waals surface area contributed by atoms with Crippen LogP contribution >= 0.6 is 11.3 Å². The molecule has 0 aliphatic heterocycles. The second kappa shape index (κ2) is 5.95. The van der Waals surface area contributed by atoms with Gasteiger partial charge >= 0.3 is 0 Å². The Kier molecular flexibility index (Phi) is 4.29. The van der Waals surface area contributed by atoms with Gasteiger partial charge in [-0.15, -0.1) is 11.3 Å². The number of nitrogens with zero attached hydrogens (tertiary/aromatic N) is 1. The average molecular weight is 275 g/mol. The zero-order chi connectivity index (χ0) is 13.8. The van der Waals surface area contributed by atoms with E-state index in [0.29, 0.717) is 6.54 Å². The van der Waals surface area contributed by atoms with Crippen LogP contribution in [0.15, 0.2) is 30.3 Å². The van der Waals surface area contributed by atoms with Gasteiger partial charge in [0, 0.05) is 18.0 Å². The third-order valence-corrected chi connectivity index (χ3v) is 3.71. The second-order valence-corrected chi connectivity index (χ2v) is 5.61. The van der Waals surface area contributed by atoms with Gasteiger partial charge in [-0.1, -0.05) is 37.3 Å². The van der Waals surface area contributed by atoms with Gasteiger partial charge in [-0.3, -0.25) is 4.79 Å². The highest BCUT2D eigenvalue weighted by atomic mass is 32.1. The van der Waals surface area contributed by atoms with Crippen molar-refractivity contribution in [2.24, 2.45) is 11.7 Å². The largest absolute Gasteiger partial charge is 0.330 e. The lowest BCUT2D eigenvalue weighted by Gasteiger charge is -2.09. The topological polar surface area (TPSA) is 68.0 Å². The summed E-state index contributed by atoms with van der Waals surface area (Å²) in [5, 5.41) is 4.63. The number of thiazole rings is 1. The molecule has 2 rings (SSSR count). The maximum absolute atomic E-state index is 11.9. The van der Waals surface area contributed by atoms with Crippen molar-refractivity contribution in [2.45, 2.75) is 13.8 Å². The Morgan fingerprint density at radius 2 is 2.11 bits per heavy atom. The molecular formula is C14H17N3OS. The van der Waals surface area contributed by atoms with Crippen LogP contribution in [0.5, 0.6) is 0 Å². The maximum Gasteiger partial charge on any atom is 0.229 e. The number of hydrogen-bond acceptors (Lipinski definition) is 4. The lowest BCUT2D eigenvalue weighted by Crippen LogP contribution is -2.26. The molecule has 0 saturated heterocycles. The molecule has 0 radical (unpaired) electrons. The Bertz CT molecular complexity index is 565. The molecule has 0 aliphatic rings. The van der Waals surface area contributed by atoms with E-state index in [-0.39, 0.29) is 11.8 Å². The summed E-state index contributed by atoms with van der Waals surface area (Å²) in [5.41, 5.74) is 7.33. The normalized spacial score (nSPS) is 12.2. The van der Waals surface area contributed by atoms with E-state index in [1.165, 1.54) is 11.3 Å². The van der Waals surface area contributed by atoms with Crippen molar-refractivity contribution < 1.29 is 4.79 Å². The van der Waals surface area contributed by atoms with Gasteiger partial charge in [-0.05, 0) is 6.92 Å². The highest BCUT2D eigenvalue weighted by molar-refractivity contribution is 7.16. The van der Waals surface area contributed by atoms with Crippen molar-refractivity contribution >= 4 is 22.2 Å². The molecule has 4 nitrogen and oxygen atoms in total. The highest BCUT2D eigenvalue weighted by Gasteiger charge is 2.16. The fourth-order valence-corrected chi connectivity index (χ4v) is 2.49. The van der Waals surface area contributed by atoms with E-state index in [9.17, 15) is 4.79 Å². The van der Waals surface area contributed by atoms with E-state index >= 15 is 0 Å². The quantitative estimate of drug-likeness (QED) is 0.901. The van der Waals surface area contributed by atoms with Crippen molar-refractivity contribution in [1.82, 2.24) is 4.98 Å². The number of nitrogens with one attached hydrogen (secondary N) is 1. The Hall–Kier alpha value is -1.72. The Balaban J connectivity index is 2.29. The first kappa shape index (κ1) is 13.7. The Morgan fingerprint density at radius 3 is 2.74 bits per heavy atom. The SMILES string of the molecule is Cc1nc(-c2ccccc2)c(NC(=O)C(C)CN)s1. The first-order chi connectivity index (χ1) is 9.11. The summed E-state index contributed by atoms with van der Waals surface area (Å²) in [7, 11) is 0. The molecule has 1 heterocycles. The standard InChI is InChI=1S/C14H17N3OS/c1-9(8-15)13(18)17-14-12(16-10(2)19-14)11-6-4-3-5-7-11/h3-7,9H,8,15H2,1-2H3,(H,17,18). The van der Waals surface area contributed by atoms with Gasteiger partial charge in [0.1, 0.15) is 10.7 Å². The monoisotopic (exact) mass is 275 g/mol. The van der Waals surface area contributed by atoms with Crippen molar-refractivity contribution in [1.29, 1.82) is 0 Å². The summed E-state index contributed by atoms with van der Waals surface area (Å²) in [6, 6.07) is 9.83. The van der Waals surface area contributed by atoms with Gasteiger partial charge in [0.25, 0.3) is 0 Å². The molecule has 1 amide bonds. The van der Waals surface area contributed by atoms with Gasteiger partial charge in [-0.25, -0.2) is 4.98 Å². The minimum Gasteiger partial charge on any atom is -0.330 e. The molecule has 1 unspecified atom stereocenters. The molecule has 0 fully saturated rings. The predicted octanol–water partition coefficient (Wildman–Crippen LogP) is 2.65. The molecule has 0 spiro atoms. The summed E-state index contributed by atoms with van der Waals surface area (Å²) in [6.45, 7) is 4.08. The summed E-state index contributed by atoms with van der Waals surface area (Å²) < 4.78 is 0. The number of carbonyl (C=O) groups is 1. The average Bonchev–Trinajstić information content (AvgIpc) is 2.79. The molecule has 5 heteroatoms. The number of aryl methyl sites for hydroxylation is 1. The third kappa shape index (κ3) is 3.19. The van der Waals surface area contributed by atoms with Gasteiger partial charge in [0.05, 0.1) is 5.01 Å². The fourth-order valence-electron chi connectivity index (χ4n) is 1.65. The number of nitrogens with two attached hydrogens (primary N) is 1. The minimum atomic E-state index is -0.203. The maximum atomic E-state index is 11.9. The van der Waals surface area contributed by atoms with Gasteiger partial charge in [-0.2, -0.15) is 0 Å². The first-order valence-electron chi connectivity index (χ1n) is 6.15. The zero-order valence-corrected chi connectivity index (χ0v) is 11.8.